The minimum atomic E-state index is 1.00. The van der Waals surface area contributed by atoms with Gasteiger partial charge in [0.2, 0.25) is 0 Å². The molecule has 0 aliphatic carbocycles. The van der Waals surface area contributed by atoms with Crippen LogP contribution < -0.4 is 0 Å². The summed E-state index contributed by atoms with van der Waals surface area (Å²) in [6, 6.07) is 0. The van der Waals surface area contributed by atoms with E-state index in [1.807, 2.05) is 26.2 Å². The van der Waals surface area contributed by atoms with Gasteiger partial charge >= 0.3 is 0 Å². The van der Waals surface area contributed by atoms with Gasteiger partial charge in [-0.15, -0.1) is 0 Å². The topological polar surface area (TPSA) is 41.6 Å². The molecular weight excluding hydrogens is 162 g/mol. The van der Waals surface area contributed by atoms with Gasteiger partial charge in [-0.25, -0.2) is 0 Å². The fourth-order valence-corrected chi connectivity index (χ4v) is 1.20. The normalized spacial score (nSPS) is 9.46. The van der Waals surface area contributed by atoms with Gasteiger partial charge in [-0.05, 0) is 12.0 Å². The van der Waals surface area contributed by atoms with E-state index in [0.717, 1.165) is 11.9 Å². The average Bonchev–Trinajstić information content (AvgIpc) is 2.68. The molecule has 0 spiro atoms. The number of pyridine rings is 1. The van der Waals surface area contributed by atoms with E-state index in [-0.39, 0.29) is 0 Å². The van der Waals surface area contributed by atoms with Gasteiger partial charge in [-0.1, -0.05) is 20.8 Å². The van der Waals surface area contributed by atoms with Crippen molar-refractivity contribution in [3.8, 4) is 0 Å². The fourth-order valence-electron chi connectivity index (χ4n) is 1.20. The van der Waals surface area contributed by atoms with Gasteiger partial charge in [-0.2, -0.15) is 5.10 Å². The maximum atomic E-state index is 4.08. The Morgan fingerprint density at radius 3 is 2.69 bits per heavy atom. The van der Waals surface area contributed by atoms with Gasteiger partial charge in [0, 0.05) is 11.6 Å². The molecule has 13 heavy (non-hydrogen) atoms. The molecule has 0 unspecified atom stereocenters. The highest BCUT2D eigenvalue weighted by Crippen LogP contribution is 2.13. The Hall–Kier alpha value is -1.38. The lowest BCUT2D eigenvalue weighted by atomic mass is 10.1. The monoisotopic (exact) mass is 177 g/mol. The van der Waals surface area contributed by atoms with Crippen LogP contribution in [0.15, 0.2) is 18.6 Å². The molecule has 3 nitrogen and oxygen atoms in total. The molecule has 0 saturated carbocycles. The molecule has 1 N–H and O–H groups in total. The molecule has 0 fully saturated rings. The van der Waals surface area contributed by atoms with E-state index in [0.29, 0.717) is 0 Å². The van der Waals surface area contributed by atoms with Crippen molar-refractivity contribution in [1.82, 2.24) is 15.2 Å². The van der Waals surface area contributed by atoms with Crippen molar-refractivity contribution in [2.75, 3.05) is 0 Å². The van der Waals surface area contributed by atoms with Crippen LogP contribution in [-0.4, -0.2) is 15.2 Å². The van der Waals surface area contributed by atoms with Gasteiger partial charge in [0.25, 0.3) is 0 Å². The standard InChI is InChI=1S/C8H9N3.C2H6/c1-2-6-3-9-5-8-7(6)4-10-11-8;1-2/h3-5H,2H2,1H3,(H,10,11);1-2H3. The minimum absolute atomic E-state index is 1.00. The summed E-state index contributed by atoms with van der Waals surface area (Å²) in [6.45, 7) is 6.11. The van der Waals surface area contributed by atoms with Crippen LogP contribution >= 0.6 is 0 Å². The molecular formula is C10H15N3. The van der Waals surface area contributed by atoms with Gasteiger partial charge in [0.1, 0.15) is 0 Å². The third-order valence-corrected chi connectivity index (χ3v) is 1.83. The second kappa shape index (κ2) is 4.60. The molecule has 0 amide bonds. The second-order valence-corrected chi connectivity index (χ2v) is 2.48. The number of aryl methyl sites for hydroxylation is 1. The molecule has 70 valence electrons. The quantitative estimate of drug-likeness (QED) is 0.727. The van der Waals surface area contributed by atoms with Gasteiger partial charge in [0.15, 0.2) is 0 Å². The number of aromatic amines is 1. The summed E-state index contributed by atoms with van der Waals surface area (Å²) in [4.78, 5) is 4.08. The lowest BCUT2D eigenvalue weighted by Gasteiger charge is -1.94. The van der Waals surface area contributed by atoms with Crippen LogP contribution in [0.3, 0.4) is 0 Å². The van der Waals surface area contributed by atoms with Crippen LogP contribution in [0.25, 0.3) is 10.9 Å². The van der Waals surface area contributed by atoms with E-state index in [2.05, 4.69) is 22.1 Å². The molecule has 2 aromatic heterocycles. The van der Waals surface area contributed by atoms with Gasteiger partial charge in [-0.3, -0.25) is 10.1 Å². The molecule has 2 heterocycles. The van der Waals surface area contributed by atoms with E-state index in [1.54, 1.807) is 6.20 Å². The Balaban J connectivity index is 0.000000396. The number of nitrogens with zero attached hydrogens (tertiary/aromatic N) is 2. The highest BCUT2D eigenvalue weighted by Gasteiger charge is 1.99. The molecule has 0 saturated heterocycles. The molecule has 0 radical (unpaired) electrons. The van der Waals surface area contributed by atoms with Crippen molar-refractivity contribution in [3.63, 3.8) is 0 Å². The van der Waals surface area contributed by atoms with Crippen molar-refractivity contribution in [2.24, 2.45) is 0 Å². The van der Waals surface area contributed by atoms with E-state index >= 15 is 0 Å². The number of fused-ring (bicyclic) bond motifs is 1. The third-order valence-electron chi connectivity index (χ3n) is 1.83. The minimum Gasteiger partial charge on any atom is -0.276 e. The molecule has 0 bridgehead atoms. The van der Waals surface area contributed by atoms with Crippen LogP contribution in [0.4, 0.5) is 0 Å². The average molecular weight is 177 g/mol. The first-order valence-corrected chi connectivity index (χ1v) is 4.67. The third kappa shape index (κ3) is 1.86. The number of hydrogen-bond acceptors (Lipinski definition) is 2. The highest BCUT2D eigenvalue weighted by molar-refractivity contribution is 5.80. The number of aromatic nitrogens is 3. The Morgan fingerprint density at radius 2 is 2.00 bits per heavy atom. The van der Waals surface area contributed by atoms with Crippen molar-refractivity contribution >= 4 is 10.9 Å². The largest absolute Gasteiger partial charge is 0.276 e. The van der Waals surface area contributed by atoms with Crippen molar-refractivity contribution in [3.05, 3.63) is 24.2 Å². The first-order chi connectivity index (χ1) is 6.42. The molecule has 3 heteroatoms. The van der Waals surface area contributed by atoms with E-state index in [1.165, 1.54) is 10.9 Å². The van der Waals surface area contributed by atoms with Crippen molar-refractivity contribution in [2.45, 2.75) is 27.2 Å². The smallest absolute Gasteiger partial charge is 0.0836 e. The first kappa shape index (κ1) is 9.71. The van der Waals surface area contributed by atoms with Crippen molar-refractivity contribution < 1.29 is 0 Å². The zero-order valence-electron chi connectivity index (χ0n) is 8.33. The molecule has 0 aliphatic rings. The van der Waals surface area contributed by atoms with Crippen LogP contribution in [0.2, 0.25) is 0 Å². The second-order valence-electron chi connectivity index (χ2n) is 2.48. The van der Waals surface area contributed by atoms with E-state index in [9.17, 15) is 0 Å². The summed E-state index contributed by atoms with van der Waals surface area (Å²) in [7, 11) is 0. The molecule has 0 atom stereocenters. The predicted molar refractivity (Wildman–Crippen MR) is 54.6 cm³/mol. The number of rotatable bonds is 1. The highest BCUT2D eigenvalue weighted by atomic mass is 15.1. The van der Waals surface area contributed by atoms with E-state index in [4.69, 9.17) is 0 Å². The Bertz CT molecular complexity index is 365. The Kier molecular flexibility index (Phi) is 3.43. The summed E-state index contributed by atoms with van der Waals surface area (Å²) in [5, 5.41) is 8.01. The number of hydrogen-bond donors (Lipinski definition) is 1. The molecule has 2 aromatic rings. The number of nitrogens with one attached hydrogen (secondary N) is 1. The SMILES string of the molecule is CC.CCc1cncc2[nH]ncc12. The maximum Gasteiger partial charge on any atom is 0.0836 e. The summed E-state index contributed by atoms with van der Waals surface area (Å²) in [5.41, 5.74) is 2.26. The summed E-state index contributed by atoms with van der Waals surface area (Å²) >= 11 is 0. The van der Waals surface area contributed by atoms with Gasteiger partial charge in [0.05, 0.1) is 17.9 Å². The first-order valence-electron chi connectivity index (χ1n) is 4.67. The van der Waals surface area contributed by atoms with E-state index < -0.39 is 0 Å². The Morgan fingerprint density at radius 1 is 1.23 bits per heavy atom. The lowest BCUT2D eigenvalue weighted by molar-refractivity contribution is 1.11. The zero-order valence-corrected chi connectivity index (χ0v) is 8.33. The number of H-pyrrole nitrogens is 1. The summed E-state index contributed by atoms with van der Waals surface area (Å²) in [5.74, 6) is 0. The summed E-state index contributed by atoms with van der Waals surface area (Å²) < 4.78 is 0. The molecule has 0 aliphatic heterocycles. The zero-order chi connectivity index (χ0) is 9.68. The molecule has 0 aromatic carbocycles. The fraction of sp³-hybridized carbons (Fsp3) is 0.400. The van der Waals surface area contributed by atoms with Crippen LogP contribution in [-0.2, 0) is 6.42 Å². The van der Waals surface area contributed by atoms with Crippen LogP contribution in [0, 0.1) is 0 Å². The van der Waals surface area contributed by atoms with Crippen molar-refractivity contribution in [1.29, 1.82) is 0 Å². The molecule has 2 rings (SSSR count). The Labute approximate surface area is 78.2 Å². The van der Waals surface area contributed by atoms with Gasteiger partial charge < -0.3 is 0 Å². The van der Waals surface area contributed by atoms with Crippen LogP contribution in [0.5, 0.6) is 0 Å². The lowest BCUT2D eigenvalue weighted by Crippen LogP contribution is -1.82. The summed E-state index contributed by atoms with van der Waals surface area (Å²) in [6.07, 6.45) is 6.53. The maximum absolute atomic E-state index is 4.08. The predicted octanol–water partition coefficient (Wildman–Crippen LogP) is 2.55. The van der Waals surface area contributed by atoms with Crippen LogP contribution in [0.1, 0.15) is 26.3 Å².